The van der Waals surface area contributed by atoms with Crippen molar-refractivity contribution in [3.63, 3.8) is 0 Å². The second kappa shape index (κ2) is 9.30. The van der Waals surface area contributed by atoms with Crippen LogP contribution in [0.2, 0.25) is 0 Å². The first-order valence-corrected chi connectivity index (χ1v) is 10.9. The molecule has 0 aliphatic carbocycles. The highest BCUT2D eigenvalue weighted by Gasteiger charge is 2.19. The Hall–Kier alpha value is -1.96. The van der Waals surface area contributed by atoms with Crippen LogP contribution in [0.4, 0.5) is 10.1 Å². The molecule has 7 heteroatoms. The highest BCUT2D eigenvalue weighted by atomic mass is 32.2. The molecule has 0 spiro atoms. The molecular weight excluding hydrogens is 365 g/mol. The largest absolute Gasteiger partial charge is 0.367 e. The third-order valence-corrected chi connectivity index (χ3v) is 6.20. The molecule has 146 valence electrons. The second-order valence-electron chi connectivity index (χ2n) is 6.73. The molecule has 5 nitrogen and oxygen atoms in total. The zero-order valence-corrected chi connectivity index (χ0v) is 16.2. The molecule has 1 heterocycles. The van der Waals surface area contributed by atoms with Crippen LogP contribution in [0.25, 0.3) is 0 Å². The van der Waals surface area contributed by atoms with Gasteiger partial charge < -0.3 is 4.90 Å². The van der Waals surface area contributed by atoms with Gasteiger partial charge in [0.05, 0.1) is 11.4 Å². The Kier molecular flexibility index (Phi) is 6.82. The van der Waals surface area contributed by atoms with Gasteiger partial charge in [0.2, 0.25) is 10.0 Å². The van der Waals surface area contributed by atoms with E-state index >= 15 is 0 Å². The number of rotatable bonds is 8. The van der Waals surface area contributed by atoms with Crippen LogP contribution in [-0.2, 0) is 16.4 Å². The van der Waals surface area contributed by atoms with Crippen LogP contribution in [0.3, 0.4) is 0 Å². The van der Waals surface area contributed by atoms with Crippen LogP contribution in [-0.4, -0.2) is 58.3 Å². The summed E-state index contributed by atoms with van der Waals surface area (Å²) in [6.45, 7) is 4.12. The fourth-order valence-corrected chi connectivity index (χ4v) is 4.30. The van der Waals surface area contributed by atoms with E-state index in [4.69, 9.17) is 0 Å². The molecule has 0 atom stereocenters. The van der Waals surface area contributed by atoms with E-state index in [1.165, 1.54) is 6.07 Å². The number of piperazine rings is 1. The van der Waals surface area contributed by atoms with E-state index in [0.29, 0.717) is 25.2 Å². The number of benzene rings is 2. The SMILES string of the molecule is O=S(=O)(CCc1ccccc1)NCCN1CCN(c2ccccc2F)CC1. The first kappa shape index (κ1) is 19.8. The van der Waals surface area contributed by atoms with Crippen molar-refractivity contribution in [2.45, 2.75) is 6.42 Å². The number of halogens is 1. The van der Waals surface area contributed by atoms with E-state index in [9.17, 15) is 12.8 Å². The Morgan fingerprint density at radius 1 is 0.926 bits per heavy atom. The van der Waals surface area contributed by atoms with Gasteiger partial charge in [0.25, 0.3) is 0 Å². The van der Waals surface area contributed by atoms with E-state index in [0.717, 1.165) is 31.7 Å². The highest BCUT2D eigenvalue weighted by Crippen LogP contribution is 2.19. The summed E-state index contributed by atoms with van der Waals surface area (Å²) in [5.41, 5.74) is 1.66. The van der Waals surface area contributed by atoms with Crippen LogP contribution in [0.15, 0.2) is 54.6 Å². The molecular formula is C20H26FN3O2S. The lowest BCUT2D eigenvalue weighted by molar-refractivity contribution is 0.261. The molecule has 2 aromatic rings. The van der Waals surface area contributed by atoms with Crippen molar-refractivity contribution in [3.8, 4) is 0 Å². The molecule has 27 heavy (non-hydrogen) atoms. The molecule has 0 unspecified atom stereocenters. The molecule has 1 N–H and O–H groups in total. The number of anilines is 1. The highest BCUT2D eigenvalue weighted by molar-refractivity contribution is 7.89. The number of nitrogens with one attached hydrogen (secondary N) is 1. The van der Waals surface area contributed by atoms with Gasteiger partial charge in [0.1, 0.15) is 5.82 Å². The molecule has 0 bridgehead atoms. The summed E-state index contributed by atoms with van der Waals surface area (Å²) in [4.78, 5) is 4.24. The summed E-state index contributed by atoms with van der Waals surface area (Å²) >= 11 is 0. The minimum atomic E-state index is -3.28. The van der Waals surface area contributed by atoms with Crippen LogP contribution >= 0.6 is 0 Å². The third kappa shape index (κ3) is 6.02. The maximum absolute atomic E-state index is 13.9. The molecule has 1 fully saturated rings. The normalized spacial score (nSPS) is 15.8. The van der Waals surface area contributed by atoms with Crippen molar-refractivity contribution < 1.29 is 12.8 Å². The van der Waals surface area contributed by atoms with Crippen molar-refractivity contribution in [1.29, 1.82) is 0 Å². The van der Waals surface area contributed by atoms with Crippen LogP contribution in [0.5, 0.6) is 0 Å². The van der Waals surface area contributed by atoms with Gasteiger partial charge in [-0.1, -0.05) is 42.5 Å². The number of aryl methyl sites for hydroxylation is 1. The Balaban J connectivity index is 1.38. The Labute approximate surface area is 160 Å². The molecule has 3 rings (SSSR count). The van der Waals surface area contributed by atoms with Gasteiger partial charge in [-0.2, -0.15) is 0 Å². The summed E-state index contributed by atoms with van der Waals surface area (Å²) in [7, 11) is -3.28. The van der Waals surface area contributed by atoms with Gasteiger partial charge in [-0.15, -0.1) is 0 Å². The predicted octanol–water partition coefficient (Wildman–Crippen LogP) is 2.11. The number of nitrogens with zero attached hydrogens (tertiary/aromatic N) is 2. The fourth-order valence-electron chi connectivity index (χ4n) is 3.25. The second-order valence-corrected chi connectivity index (χ2v) is 8.66. The average Bonchev–Trinajstić information content (AvgIpc) is 2.68. The summed E-state index contributed by atoms with van der Waals surface area (Å²) in [5, 5.41) is 0. The fraction of sp³-hybridized carbons (Fsp3) is 0.400. The van der Waals surface area contributed by atoms with E-state index in [1.807, 2.05) is 41.3 Å². The van der Waals surface area contributed by atoms with E-state index < -0.39 is 10.0 Å². The van der Waals surface area contributed by atoms with E-state index in [1.54, 1.807) is 12.1 Å². The Morgan fingerprint density at radius 2 is 1.59 bits per heavy atom. The van der Waals surface area contributed by atoms with Gasteiger partial charge >= 0.3 is 0 Å². The number of hydrogen-bond donors (Lipinski definition) is 1. The number of sulfonamides is 1. The first-order chi connectivity index (χ1) is 13.0. The van der Waals surface area contributed by atoms with Crippen molar-refractivity contribution in [2.24, 2.45) is 0 Å². The van der Waals surface area contributed by atoms with Crippen LogP contribution in [0.1, 0.15) is 5.56 Å². The van der Waals surface area contributed by atoms with E-state index in [2.05, 4.69) is 9.62 Å². The smallest absolute Gasteiger partial charge is 0.211 e. The lowest BCUT2D eigenvalue weighted by atomic mass is 10.2. The van der Waals surface area contributed by atoms with Gasteiger partial charge in [-0.25, -0.2) is 17.5 Å². The standard InChI is InChI=1S/C20H26FN3O2S/c21-19-8-4-5-9-20(19)24-15-13-23(14-16-24)12-11-22-27(25,26)17-10-18-6-2-1-3-7-18/h1-9,22H,10-17H2. The summed E-state index contributed by atoms with van der Waals surface area (Å²) in [6, 6.07) is 16.4. The van der Waals surface area contributed by atoms with Crippen molar-refractivity contribution in [1.82, 2.24) is 9.62 Å². The van der Waals surface area contributed by atoms with E-state index in [-0.39, 0.29) is 11.6 Å². The Bertz CT molecular complexity index is 822. The third-order valence-electron chi connectivity index (χ3n) is 4.82. The van der Waals surface area contributed by atoms with Crippen LogP contribution < -0.4 is 9.62 Å². The molecule has 0 amide bonds. The first-order valence-electron chi connectivity index (χ1n) is 9.27. The lowest BCUT2D eigenvalue weighted by Crippen LogP contribution is -2.48. The number of para-hydroxylation sites is 1. The quantitative estimate of drug-likeness (QED) is 0.749. The summed E-state index contributed by atoms with van der Waals surface area (Å²) in [5.74, 6) is -0.102. The van der Waals surface area contributed by atoms with Gasteiger partial charge in [-0.3, -0.25) is 4.90 Å². The number of hydrogen-bond acceptors (Lipinski definition) is 4. The zero-order valence-electron chi connectivity index (χ0n) is 15.4. The minimum Gasteiger partial charge on any atom is -0.367 e. The summed E-state index contributed by atoms with van der Waals surface area (Å²) < 4.78 is 40.8. The molecule has 2 aromatic carbocycles. The molecule has 1 saturated heterocycles. The van der Waals surface area contributed by atoms with Gasteiger partial charge in [0.15, 0.2) is 0 Å². The maximum Gasteiger partial charge on any atom is 0.211 e. The Morgan fingerprint density at radius 3 is 2.30 bits per heavy atom. The zero-order chi connectivity index (χ0) is 19.1. The van der Waals surface area contributed by atoms with Crippen molar-refractivity contribution in [2.75, 3.05) is 49.9 Å². The van der Waals surface area contributed by atoms with Crippen molar-refractivity contribution in [3.05, 3.63) is 66.0 Å². The average molecular weight is 392 g/mol. The molecule has 0 saturated carbocycles. The summed E-state index contributed by atoms with van der Waals surface area (Å²) in [6.07, 6.45) is 0.511. The van der Waals surface area contributed by atoms with Gasteiger partial charge in [-0.05, 0) is 24.1 Å². The maximum atomic E-state index is 13.9. The molecule has 1 aliphatic rings. The lowest BCUT2D eigenvalue weighted by Gasteiger charge is -2.36. The predicted molar refractivity (Wildman–Crippen MR) is 107 cm³/mol. The van der Waals surface area contributed by atoms with Crippen LogP contribution in [0, 0.1) is 5.82 Å². The van der Waals surface area contributed by atoms with Crippen molar-refractivity contribution >= 4 is 15.7 Å². The minimum absolute atomic E-state index is 0.0953. The topological polar surface area (TPSA) is 52.7 Å². The van der Waals surface area contributed by atoms with Gasteiger partial charge in [0, 0.05) is 39.3 Å². The molecule has 0 aromatic heterocycles. The molecule has 0 radical (unpaired) electrons. The molecule has 1 aliphatic heterocycles. The monoisotopic (exact) mass is 391 g/mol.